The summed E-state index contributed by atoms with van der Waals surface area (Å²) >= 11 is 0. The first-order chi connectivity index (χ1) is 10.7. The number of amides is 1. The van der Waals surface area contributed by atoms with E-state index in [1.54, 1.807) is 30.3 Å². The van der Waals surface area contributed by atoms with Crippen LogP contribution >= 0.6 is 0 Å². The molecule has 0 unspecified atom stereocenters. The molecule has 0 spiro atoms. The van der Waals surface area contributed by atoms with Crippen molar-refractivity contribution < 1.29 is 4.79 Å². The van der Waals surface area contributed by atoms with Gasteiger partial charge in [-0.15, -0.1) is 0 Å². The van der Waals surface area contributed by atoms with Crippen LogP contribution in [0.15, 0.2) is 36.5 Å². The molecule has 1 heterocycles. The molecule has 0 fully saturated rings. The maximum absolute atomic E-state index is 11.9. The van der Waals surface area contributed by atoms with Crippen molar-refractivity contribution in [3.05, 3.63) is 47.8 Å². The van der Waals surface area contributed by atoms with Crippen LogP contribution < -0.4 is 10.6 Å². The summed E-state index contributed by atoms with van der Waals surface area (Å²) in [6.07, 6.45) is 3.50. The molecule has 0 atom stereocenters. The number of carbonyl (C=O) groups is 1. The minimum atomic E-state index is -0.210. The maximum Gasteiger partial charge on any atom is 0.270 e. The van der Waals surface area contributed by atoms with Crippen LogP contribution in [0.1, 0.15) is 35.8 Å². The lowest BCUT2D eigenvalue weighted by Gasteiger charge is -2.07. The summed E-state index contributed by atoms with van der Waals surface area (Å²) in [5.74, 6) is 0.131. The van der Waals surface area contributed by atoms with E-state index in [1.807, 2.05) is 0 Å². The van der Waals surface area contributed by atoms with Crippen LogP contribution in [0.25, 0.3) is 0 Å². The predicted octanol–water partition coefficient (Wildman–Crippen LogP) is 2.62. The molecule has 6 nitrogen and oxygen atoms in total. The molecule has 2 N–H and O–H groups in total. The van der Waals surface area contributed by atoms with Gasteiger partial charge in [0.2, 0.25) is 5.95 Å². The first kappa shape index (κ1) is 15.4. The number of nitriles is 1. The second-order valence-electron chi connectivity index (χ2n) is 4.69. The minimum absolute atomic E-state index is 0.210. The maximum atomic E-state index is 11.9. The van der Waals surface area contributed by atoms with Crippen LogP contribution in [0.2, 0.25) is 0 Å². The van der Waals surface area contributed by atoms with Gasteiger partial charge in [-0.2, -0.15) is 5.26 Å². The van der Waals surface area contributed by atoms with E-state index in [0.717, 1.165) is 18.5 Å². The molecular formula is C16H17N5O. The van der Waals surface area contributed by atoms with E-state index in [0.29, 0.717) is 23.8 Å². The zero-order valence-corrected chi connectivity index (χ0v) is 12.3. The van der Waals surface area contributed by atoms with Gasteiger partial charge in [-0.1, -0.05) is 13.3 Å². The minimum Gasteiger partial charge on any atom is -0.351 e. The molecular weight excluding hydrogens is 278 g/mol. The summed E-state index contributed by atoms with van der Waals surface area (Å²) in [4.78, 5) is 20.2. The first-order valence-corrected chi connectivity index (χ1v) is 7.11. The van der Waals surface area contributed by atoms with Gasteiger partial charge in [0.1, 0.15) is 5.69 Å². The van der Waals surface area contributed by atoms with Crippen molar-refractivity contribution in [2.75, 3.05) is 11.9 Å². The molecule has 0 aliphatic rings. The lowest BCUT2D eigenvalue weighted by atomic mass is 10.2. The standard InChI is InChI=1S/C16H17N5O/c1-2-3-9-18-15(22)14-8-10-19-16(21-14)20-13-6-4-12(11-17)5-7-13/h4-8,10H,2-3,9H2,1H3,(H,18,22)(H,19,20,21). The smallest absolute Gasteiger partial charge is 0.270 e. The summed E-state index contributed by atoms with van der Waals surface area (Å²) in [5.41, 5.74) is 1.65. The Bertz CT molecular complexity index is 676. The lowest BCUT2D eigenvalue weighted by molar-refractivity contribution is 0.0948. The molecule has 1 amide bonds. The van der Waals surface area contributed by atoms with E-state index < -0.39 is 0 Å². The zero-order valence-electron chi connectivity index (χ0n) is 12.3. The predicted molar refractivity (Wildman–Crippen MR) is 83.7 cm³/mol. The zero-order chi connectivity index (χ0) is 15.8. The van der Waals surface area contributed by atoms with E-state index in [9.17, 15) is 4.79 Å². The Balaban J connectivity index is 2.04. The van der Waals surface area contributed by atoms with Gasteiger partial charge < -0.3 is 10.6 Å². The van der Waals surface area contributed by atoms with Gasteiger partial charge in [-0.05, 0) is 36.8 Å². The van der Waals surface area contributed by atoms with Crippen molar-refractivity contribution in [2.45, 2.75) is 19.8 Å². The molecule has 0 saturated heterocycles. The fraction of sp³-hybridized carbons (Fsp3) is 0.250. The number of hydrogen-bond donors (Lipinski definition) is 2. The van der Waals surface area contributed by atoms with Crippen molar-refractivity contribution in [2.24, 2.45) is 0 Å². The molecule has 112 valence electrons. The molecule has 0 radical (unpaired) electrons. The van der Waals surface area contributed by atoms with Gasteiger partial charge >= 0.3 is 0 Å². The van der Waals surface area contributed by atoms with E-state index in [-0.39, 0.29) is 5.91 Å². The van der Waals surface area contributed by atoms with Crippen LogP contribution in [0.3, 0.4) is 0 Å². The molecule has 22 heavy (non-hydrogen) atoms. The number of aromatic nitrogens is 2. The number of carbonyl (C=O) groups excluding carboxylic acids is 1. The van der Waals surface area contributed by atoms with Gasteiger partial charge in [0.05, 0.1) is 11.6 Å². The number of rotatable bonds is 6. The molecule has 6 heteroatoms. The Morgan fingerprint density at radius 3 is 2.73 bits per heavy atom. The van der Waals surface area contributed by atoms with Gasteiger partial charge in [0, 0.05) is 18.4 Å². The van der Waals surface area contributed by atoms with Crippen molar-refractivity contribution in [1.29, 1.82) is 5.26 Å². The fourth-order valence-corrected chi connectivity index (χ4v) is 1.77. The van der Waals surface area contributed by atoms with Crippen LogP contribution in [0, 0.1) is 11.3 Å². The van der Waals surface area contributed by atoms with Gasteiger partial charge in [-0.3, -0.25) is 4.79 Å². The van der Waals surface area contributed by atoms with Gasteiger partial charge in [-0.25, -0.2) is 9.97 Å². The summed E-state index contributed by atoms with van der Waals surface area (Å²) in [7, 11) is 0. The third kappa shape index (κ3) is 4.28. The number of hydrogen-bond acceptors (Lipinski definition) is 5. The van der Waals surface area contributed by atoms with Crippen LogP contribution in [-0.2, 0) is 0 Å². The number of nitrogens with one attached hydrogen (secondary N) is 2. The van der Waals surface area contributed by atoms with E-state index in [4.69, 9.17) is 5.26 Å². The average molecular weight is 295 g/mol. The molecule has 0 aliphatic carbocycles. The molecule has 0 saturated carbocycles. The largest absolute Gasteiger partial charge is 0.351 e. The van der Waals surface area contributed by atoms with Crippen LogP contribution in [-0.4, -0.2) is 22.4 Å². The highest BCUT2D eigenvalue weighted by Crippen LogP contribution is 2.13. The van der Waals surface area contributed by atoms with E-state index >= 15 is 0 Å². The Kier molecular flexibility index (Phi) is 5.44. The molecule has 0 aliphatic heterocycles. The summed E-state index contributed by atoms with van der Waals surface area (Å²) in [6.45, 7) is 2.70. The number of benzene rings is 1. The molecule has 0 bridgehead atoms. The fourth-order valence-electron chi connectivity index (χ4n) is 1.77. The van der Waals surface area contributed by atoms with Gasteiger partial charge in [0.25, 0.3) is 5.91 Å². The van der Waals surface area contributed by atoms with E-state index in [2.05, 4.69) is 33.6 Å². The summed E-state index contributed by atoms with van der Waals surface area (Å²) < 4.78 is 0. The SMILES string of the molecule is CCCCNC(=O)c1ccnc(Nc2ccc(C#N)cc2)n1. The van der Waals surface area contributed by atoms with Crippen molar-refractivity contribution in [3.63, 3.8) is 0 Å². The second-order valence-corrected chi connectivity index (χ2v) is 4.69. The first-order valence-electron chi connectivity index (χ1n) is 7.11. The highest BCUT2D eigenvalue weighted by molar-refractivity contribution is 5.92. The summed E-state index contributed by atoms with van der Waals surface area (Å²) in [6, 6.07) is 10.5. The normalized spacial score (nSPS) is 9.82. The Morgan fingerprint density at radius 2 is 2.05 bits per heavy atom. The van der Waals surface area contributed by atoms with Crippen molar-refractivity contribution in [3.8, 4) is 6.07 Å². The average Bonchev–Trinajstić information content (AvgIpc) is 2.56. The number of nitrogens with zero attached hydrogens (tertiary/aromatic N) is 3. The lowest BCUT2D eigenvalue weighted by Crippen LogP contribution is -2.25. The number of unbranched alkanes of at least 4 members (excludes halogenated alkanes) is 1. The van der Waals surface area contributed by atoms with Crippen LogP contribution in [0.5, 0.6) is 0 Å². The number of anilines is 2. The topological polar surface area (TPSA) is 90.7 Å². The molecule has 1 aromatic carbocycles. The Hall–Kier alpha value is -2.94. The third-order valence-corrected chi connectivity index (χ3v) is 2.97. The molecule has 2 aromatic rings. The highest BCUT2D eigenvalue weighted by atomic mass is 16.1. The molecule has 1 aromatic heterocycles. The summed E-state index contributed by atoms with van der Waals surface area (Å²) in [5, 5.41) is 14.6. The Morgan fingerprint density at radius 1 is 1.27 bits per heavy atom. The monoisotopic (exact) mass is 295 g/mol. The van der Waals surface area contributed by atoms with Crippen LogP contribution in [0.4, 0.5) is 11.6 Å². The molecule has 2 rings (SSSR count). The quantitative estimate of drug-likeness (QED) is 0.799. The van der Waals surface area contributed by atoms with Gasteiger partial charge in [0.15, 0.2) is 0 Å². The second kappa shape index (κ2) is 7.74. The Labute approximate surface area is 129 Å². The highest BCUT2D eigenvalue weighted by Gasteiger charge is 2.08. The third-order valence-electron chi connectivity index (χ3n) is 2.97. The van der Waals surface area contributed by atoms with Crippen molar-refractivity contribution >= 4 is 17.5 Å². The van der Waals surface area contributed by atoms with E-state index in [1.165, 1.54) is 6.20 Å². The van der Waals surface area contributed by atoms with Crippen molar-refractivity contribution in [1.82, 2.24) is 15.3 Å².